The van der Waals surface area contributed by atoms with Crippen LogP contribution < -0.4 is 10.2 Å². The summed E-state index contributed by atoms with van der Waals surface area (Å²) in [5, 5.41) is 0. The van der Waals surface area contributed by atoms with Crippen LogP contribution in [0.5, 0.6) is 5.75 Å². The molecule has 118 valence electrons. The highest BCUT2D eigenvalue weighted by atomic mass is 16.7. The molecule has 5 heteroatoms. The van der Waals surface area contributed by atoms with Gasteiger partial charge in [0.15, 0.2) is 5.43 Å². The standard InChI is InChI=1S/C18H16O5/c1-20-10-5-2-9(3-6-10)4-7-11-8-12(19)13-14(21-11)16-18(23-16)17-15(13)22-17/h2-3,5-6,8,15-18H,4,7H2,1H3/t15-,16+,17-,18+/m1/s1. The van der Waals surface area contributed by atoms with Crippen LogP contribution in [0.3, 0.4) is 0 Å². The molecule has 2 aliphatic heterocycles. The van der Waals surface area contributed by atoms with Crippen molar-refractivity contribution in [2.75, 3.05) is 7.11 Å². The molecule has 5 nitrogen and oxygen atoms in total. The number of methoxy groups -OCH3 is 1. The van der Waals surface area contributed by atoms with Crippen molar-refractivity contribution in [3.63, 3.8) is 0 Å². The average molecular weight is 312 g/mol. The molecule has 1 aromatic carbocycles. The molecule has 1 aromatic heterocycles. The van der Waals surface area contributed by atoms with Gasteiger partial charge in [0, 0.05) is 12.5 Å². The summed E-state index contributed by atoms with van der Waals surface area (Å²) in [6, 6.07) is 9.52. The van der Waals surface area contributed by atoms with Gasteiger partial charge in [0.25, 0.3) is 0 Å². The van der Waals surface area contributed by atoms with Gasteiger partial charge in [-0.3, -0.25) is 4.79 Å². The summed E-state index contributed by atoms with van der Waals surface area (Å²) < 4.78 is 22.2. The molecular formula is C18H16O5. The fourth-order valence-corrected chi connectivity index (χ4v) is 3.44. The van der Waals surface area contributed by atoms with Gasteiger partial charge in [-0.25, -0.2) is 0 Å². The maximum absolute atomic E-state index is 12.4. The van der Waals surface area contributed by atoms with Crippen molar-refractivity contribution in [2.45, 2.75) is 37.3 Å². The number of benzene rings is 1. The second-order valence-electron chi connectivity index (χ2n) is 6.25. The number of ether oxygens (including phenoxy) is 3. The molecule has 1 aliphatic carbocycles. The van der Waals surface area contributed by atoms with Gasteiger partial charge in [-0.05, 0) is 24.1 Å². The van der Waals surface area contributed by atoms with E-state index >= 15 is 0 Å². The lowest BCUT2D eigenvalue weighted by Gasteiger charge is -2.09. The number of fused-ring (bicyclic) bond motifs is 6. The summed E-state index contributed by atoms with van der Waals surface area (Å²) in [6.45, 7) is 0. The Labute approximate surface area is 132 Å². The molecule has 5 rings (SSSR count). The second-order valence-corrected chi connectivity index (χ2v) is 6.25. The van der Waals surface area contributed by atoms with Crippen LogP contribution in [0.2, 0.25) is 0 Å². The number of rotatable bonds is 4. The highest BCUT2D eigenvalue weighted by Crippen LogP contribution is 2.59. The lowest BCUT2D eigenvalue weighted by molar-refractivity contribution is 0.289. The first-order chi connectivity index (χ1) is 11.2. The third kappa shape index (κ3) is 2.11. The minimum absolute atomic E-state index is 0.0115. The van der Waals surface area contributed by atoms with Gasteiger partial charge in [-0.2, -0.15) is 0 Å². The summed E-state index contributed by atoms with van der Waals surface area (Å²) in [5.74, 6) is 2.23. The lowest BCUT2D eigenvalue weighted by Crippen LogP contribution is -2.18. The molecule has 4 atom stereocenters. The van der Waals surface area contributed by atoms with E-state index in [1.54, 1.807) is 13.2 Å². The van der Waals surface area contributed by atoms with Crippen LogP contribution in [-0.4, -0.2) is 19.3 Å². The van der Waals surface area contributed by atoms with E-state index < -0.39 is 0 Å². The molecule has 0 unspecified atom stereocenters. The largest absolute Gasteiger partial charge is 0.497 e. The van der Waals surface area contributed by atoms with E-state index in [2.05, 4.69) is 0 Å². The third-order valence-electron chi connectivity index (χ3n) is 4.80. The molecule has 0 spiro atoms. The normalized spacial score (nSPS) is 29.3. The quantitative estimate of drug-likeness (QED) is 0.811. The Bertz CT molecular complexity index is 822. The molecule has 0 amide bonds. The maximum atomic E-state index is 12.4. The van der Waals surface area contributed by atoms with Gasteiger partial charge in [-0.15, -0.1) is 0 Å². The topological polar surface area (TPSA) is 64.5 Å². The highest BCUT2D eigenvalue weighted by molar-refractivity contribution is 5.37. The van der Waals surface area contributed by atoms with E-state index in [-0.39, 0.29) is 29.8 Å². The van der Waals surface area contributed by atoms with E-state index in [1.807, 2.05) is 24.3 Å². The lowest BCUT2D eigenvalue weighted by atomic mass is 9.96. The first-order valence-electron chi connectivity index (χ1n) is 7.85. The van der Waals surface area contributed by atoms with Gasteiger partial charge in [0.2, 0.25) is 0 Å². The van der Waals surface area contributed by atoms with Crippen molar-refractivity contribution in [1.29, 1.82) is 0 Å². The number of aryl methyl sites for hydroxylation is 2. The van der Waals surface area contributed by atoms with E-state index in [0.717, 1.165) is 12.2 Å². The van der Waals surface area contributed by atoms with E-state index in [1.165, 1.54) is 5.56 Å². The Kier molecular flexibility index (Phi) is 2.72. The third-order valence-corrected chi connectivity index (χ3v) is 4.80. The molecule has 3 aliphatic rings. The maximum Gasteiger partial charge on any atom is 0.191 e. The highest BCUT2D eigenvalue weighted by Gasteiger charge is 2.66. The van der Waals surface area contributed by atoms with Crippen LogP contribution in [-0.2, 0) is 22.3 Å². The summed E-state index contributed by atoms with van der Waals surface area (Å²) in [7, 11) is 1.65. The SMILES string of the molecule is COc1ccc(CCc2cc(=O)c3c(o2)[C@@H]2O[C@@H]2[C@@H]2O[C@H]32)cc1. The number of hydrogen-bond acceptors (Lipinski definition) is 5. The van der Waals surface area contributed by atoms with Gasteiger partial charge >= 0.3 is 0 Å². The van der Waals surface area contributed by atoms with Crippen LogP contribution in [0, 0.1) is 0 Å². The molecule has 2 aromatic rings. The van der Waals surface area contributed by atoms with Crippen molar-refractivity contribution in [1.82, 2.24) is 0 Å². The molecular weight excluding hydrogens is 296 g/mol. The van der Waals surface area contributed by atoms with Crippen LogP contribution in [0.15, 0.2) is 39.5 Å². The van der Waals surface area contributed by atoms with Gasteiger partial charge in [0.1, 0.15) is 41.7 Å². The minimum atomic E-state index is -0.111. The molecule has 2 fully saturated rings. The van der Waals surface area contributed by atoms with Gasteiger partial charge in [0.05, 0.1) is 12.7 Å². The summed E-state index contributed by atoms with van der Waals surface area (Å²) in [5.41, 5.74) is 1.86. The Balaban J connectivity index is 1.38. The Morgan fingerprint density at radius 3 is 2.57 bits per heavy atom. The molecule has 0 radical (unpaired) electrons. The fourth-order valence-electron chi connectivity index (χ4n) is 3.44. The van der Waals surface area contributed by atoms with Crippen LogP contribution in [0.1, 0.15) is 34.9 Å². The van der Waals surface area contributed by atoms with E-state index in [9.17, 15) is 4.79 Å². The predicted octanol–water partition coefficient (Wildman–Crippen LogP) is 2.33. The molecule has 3 heterocycles. The van der Waals surface area contributed by atoms with Crippen molar-refractivity contribution < 1.29 is 18.6 Å². The molecule has 0 N–H and O–H groups in total. The van der Waals surface area contributed by atoms with Crippen LogP contribution >= 0.6 is 0 Å². The summed E-state index contributed by atoms with van der Waals surface area (Å²) in [4.78, 5) is 12.4. The smallest absolute Gasteiger partial charge is 0.191 e. The zero-order valence-electron chi connectivity index (χ0n) is 12.7. The van der Waals surface area contributed by atoms with Gasteiger partial charge in [-0.1, -0.05) is 12.1 Å². The van der Waals surface area contributed by atoms with E-state index in [0.29, 0.717) is 23.5 Å². The van der Waals surface area contributed by atoms with E-state index in [4.69, 9.17) is 18.6 Å². The Morgan fingerprint density at radius 2 is 1.78 bits per heavy atom. The Hall–Kier alpha value is -2.11. The monoisotopic (exact) mass is 312 g/mol. The van der Waals surface area contributed by atoms with Crippen molar-refractivity contribution in [2.24, 2.45) is 0 Å². The molecule has 2 saturated heterocycles. The molecule has 0 saturated carbocycles. The predicted molar refractivity (Wildman–Crippen MR) is 80.6 cm³/mol. The average Bonchev–Trinajstić information content (AvgIpc) is 3.44. The minimum Gasteiger partial charge on any atom is -0.497 e. The summed E-state index contributed by atoms with van der Waals surface area (Å²) in [6.07, 6.45) is 1.46. The van der Waals surface area contributed by atoms with Crippen molar-refractivity contribution in [3.8, 4) is 5.75 Å². The first kappa shape index (κ1) is 13.3. The van der Waals surface area contributed by atoms with Gasteiger partial charge < -0.3 is 18.6 Å². The van der Waals surface area contributed by atoms with Crippen LogP contribution in [0.4, 0.5) is 0 Å². The molecule has 0 bridgehead atoms. The van der Waals surface area contributed by atoms with Crippen molar-refractivity contribution >= 4 is 0 Å². The molecule has 23 heavy (non-hydrogen) atoms. The zero-order valence-corrected chi connectivity index (χ0v) is 12.7. The fraction of sp³-hybridized carbons (Fsp3) is 0.389. The Morgan fingerprint density at radius 1 is 1.04 bits per heavy atom. The van der Waals surface area contributed by atoms with Crippen molar-refractivity contribution in [3.05, 3.63) is 63.2 Å². The summed E-state index contributed by atoms with van der Waals surface area (Å²) >= 11 is 0. The van der Waals surface area contributed by atoms with Crippen LogP contribution in [0.25, 0.3) is 0 Å². The second kappa shape index (κ2) is 4.69. The zero-order chi connectivity index (χ0) is 15.6. The number of epoxide rings is 2. The number of hydrogen-bond donors (Lipinski definition) is 0. The first-order valence-corrected chi connectivity index (χ1v) is 7.85.